The van der Waals surface area contributed by atoms with Gasteiger partial charge < -0.3 is 20.5 Å². The SMILES string of the molecule is NC(=O)CCOc1ccc(NC(=O)Cc2csc(COc3ccc(Cl)cc3)n2)cc1. The lowest BCUT2D eigenvalue weighted by atomic mass is 10.2. The highest BCUT2D eigenvalue weighted by Crippen LogP contribution is 2.19. The maximum atomic E-state index is 12.3. The summed E-state index contributed by atoms with van der Waals surface area (Å²) in [6, 6.07) is 14.0. The molecule has 0 aliphatic heterocycles. The van der Waals surface area contributed by atoms with E-state index in [9.17, 15) is 9.59 Å². The van der Waals surface area contributed by atoms with Crippen LogP contribution in [-0.4, -0.2) is 23.4 Å². The van der Waals surface area contributed by atoms with E-state index in [1.165, 1.54) is 11.3 Å². The van der Waals surface area contributed by atoms with Crippen LogP contribution in [0.1, 0.15) is 17.1 Å². The van der Waals surface area contributed by atoms with E-state index in [0.717, 1.165) is 5.01 Å². The predicted octanol–water partition coefficient (Wildman–Crippen LogP) is 3.81. The van der Waals surface area contributed by atoms with Crippen molar-refractivity contribution in [2.75, 3.05) is 11.9 Å². The smallest absolute Gasteiger partial charge is 0.230 e. The maximum absolute atomic E-state index is 12.3. The van der Waals surface area contributed by atoms with Gasteiger partial charge in [-0.15, -0.1) is 11.3 Å². The number of primary amides is 1. The number of rotatable bonds is 10. The Morgan fingerprint density at radius 2 is 1.70 bits per heavy atom. The second-order valence-corrected chi connectivity index (χ2v) is 7.67. The summed E-state index contributed by atoms with van der Waals surface area (Å²) < 4.78 is 11.1. The molecule has 0 spiro atoms. The Hall–Kier alpha value is -3.10. The zero-order chi connectivity index (χ0) is 21.3. The second-order valence-electron chi connectivity index (χ2n) is 6.29. The molecule has 0 atom stereocenters. The molecule has 3 aromatic rings. The predicted molar refractivity (Wildman–Crippen MR) is 116 cm³/mol. The number of nitrogens with one attached hydrogen (secondary N) is 1. The molecule has 0 saturated carbocycles. The van der Waals surface area contributed by atoms with Crippen molar-refractivity contribution < 1.29 is 19.1 Å². The first-order valence-corrected chi connectivity index (χ1v) is 10.4. The van der Waals surface area contributed by atoms with E-state index in [1.54, 1.807) is 48.5 Å². The lowest BCUT2D eigenvalue weighted by Crippen LogP contribution is -2.15. The Morgan fingerprint density at radius 3 is 2.40 bits per heavy atom. The quantitative estimate of drug-likeness (QED) is 0.493. The van der Waals surface area contributed by atoms with Crippen LogP contribution >= 0.6 is 22.9 Å². The van der Waals surface area contributed by atoms with Crippen LogP contribution < -0.4 is 20.5 Å². The van der Waals surface area contributed by atoms with Gasteiger partial charge in [0.15, 0.2) is 0 Å². The fourth-order valence-electron chi connectivity index (χ4n) is 2.45. The van der Waals surface area contributed by atoms with Gasteiger partial charge in [0.25, 0.3) is 0 Å². The number of aromatic nitrogens is 1. The van der Waals surface area contributed by atoms with Crippen LogP contribution in [-0.2, 0) is 22.6 Å². The van der Waals surface area contributed by atoms with E-state index < -0.39 is 5.91 Å². The molecule has 0 radical (unpaired) electrons. The first-order valence-electron chi connectivity index (χ1n) is 9.10. The van der Waals surface area contributed by atoms with Crippen molar-refractivity contribution in [3.05, 3.63) is 69.6 Å². The summed E-state index contributed by atoms with van der Waals surface area (Å²) in [5.41, 5.74) is 6.39. The number of nitrogens with zero attached hydrogens (tertiary/aromatic N) is 1. The minimum Gasteiger partial charge on any atom is -0.493 e. The molecule has 0 fully saturated rings. The molecule has 0 saturated heterocycles. The zero-order valence-electron chi connectivity index (χ0n) is 16.0. The number of hydrogen-bond acceptors (Lipinski definition) is 6. The Kier molecular flexibility index (Phi) is 7.64. The molecule has 7 nitrogen and oxygen atoms in total. The molecule has 3 rings (SSSR count). The highest BCUT2D eigenvalue weighted by molar-refractivity contribution is 7.09. The molecule has 3 N–H and O–H groups in total. The maximum Gasteiger partial charge on any atom is 0.230 e. The van der Waals surface area contributed by atoms with Crippen LogP contribution in [0.3, 0.4) is 0 Å². The van der Waals surface area contributed by atoms with Gasteiger partial charge in [-0.2, -0.15) is 0 Å². The van der Waals surface area contributed by atoms with Gasteiger partial charge >= 0.3 is 0 Å². The topological polar surface area (TPSA) is 104 Å². The summed E-state index contributed by atoms with van der Waals surface area (Å²) in [5.74, 6) is 0.712. The fourth-order valence-corrected chi connectivity index (χ4v) is 3.28. The summed E-state index contributed by atoms with van der Waals surface area (Å²) in [5, 5.41) is 6.09. The summed E-state index contributed by atoms with van der Waals surface area (Å²) in [6.07, 6.45) is 0.313. The zero-order valence-corrected chi connectivity index (χ0v) is 17.5. The number of hydrogen-bond donors (Lipinski definition) is 2. The fraction of sp³-hybridized carbons (Fsp3) is 0.190. The lowest BCUT2D eigenvalue weighted by molar-refractivity contribution is -0.118. The van der Waals surface area contributed by atoms with E-state index in [2.05, 4.69) is 10.3 Å². The molecule has 0 bridgehead atoms. The summed E-state index contributed by atoms with van der Waals surface area (Å²) in [6.45, 7) is 0.542. The van der Waals surface area contributed by atoms with Gasteiger partial charge in [0.1, 0.15) is 23.1 Å². The molecule has 0 unspecified atom stereocenters. The first kappa shape index (κ1) is 21.6. The highest BCUT2D eigenvalue weighted by Gasteiger charge is 2.09. The minimum absolute atomic E-state index is 0.152. The Balaban J connectivity index is 1.44. The van der Waals surface area contributed by atoms with Crippen LogP contribution in [0.25, 0.3) is 0 Å². The van der Waals surface area contributed by atoms with Crippen molar-refractivity contribution in [2.24, 2.45) is 5.73 Å². The molecule has 0 aliphatic carbocycles. The van der Waals surface area contributed by atoms with Crippen molar-refractivity contribution in [3.8, 4) is 11.5 Å². The minimum atomic E-state index is -0.416. The number of carbonyl (C=O) groups is 2. The number of ether oxygens (including phenoxy) is 2. The van der Waals surface area contributed by atoms with E-state index in [0.29, 0.717) is 34.5 Å². The molecule has 2 amide bonds. The summed E-state index contributed by atoms with van der Waals surface area (Å²) in [7, 11) is 0. The molecule has 2 aromatic carbocycles. The van der Waals surface area contributed by atoms with Crippen LogP contribution in [0.2, 0.25) is 5.02 Å². The summed E-state index contributed by atoms with van der Waals surface area (Å²) >= 11 is 7.29. The molecule has 156 valence electrons. The van der Waals surface area contributed by atoms with Crippen LogP contribution in [0, 0.1) is 0 Å². The number of carbonyl (C=O) groups excluding carboxylic acids is 2. The van der Waals surface area contributed by atoms with E-state index in [-0.39, 0.29) is 25.4 Å². The van der Waals surface area contributed by atoms with Crippen molar-refractivity contribution >= 4 is 40.4 Å². The van der Waals surface area contributed by atoms with Gasteiger partial charge in [0.2, 0.25) is 11.8 Å². The van der Waals surface area contributed by atoms with Gasteiger partial charge in [-0.1, -0.05) is 11.6 Å². The van der Waals surface area contributed by atoms with Gasteiger partial charge in [0.05, 0.1) is 25.1 Å². The third-order valence-electron chi connectivity index (χ3n) is 3.87. The first-order chi connectivity index (χ1) is 14.5. The van der Waals surface area contributed by atoms with Crippen molar-refractivity contribution in [1.82, 2.24) is 4.98 Å². The molecule has 30 heavy (non-hydrogen) atoms. The number of anilines is 1. The van der Waals surface area contributed by atoms with Gasteiger partial charge in [-0.3, -0.25) is 9.59 Å². The van der Waals surface area contributed by atoms with E-state index in [1.807, 2.05) is 5.38 Å². The molecule has 1 heterocycles. The molecule has 0 aliphatic rings. The van der Waals surface area contributed by atoms with Crippen molar-refractivity contribution in [2.45, 2.75) is 19.4 Å². The van der Waals surface area contributed by atoms with Crippen LogP contribution in [0.5, 0.6) is 11.5 Å². The number of halogens is 1. The van der Waals surface area contributed by atoms with Gasteiger partial charge in [0, 0.05) is 16.1 Å². The third kappa shape index (κ3) is 7.06. The molecule has 9 heteroatoms. The number of benzene rings is 2. The molecular formula is C21H20ClN3O4S. The standard InChI is InChI=1S/C21H20ClN3O4S/c22-14-1-5-18(6-2-14)29-12-21-25-16(13-30-21)11-20(27)24-15-3-7-17(8-4-15)28-10-9-19(23)26/h1-8,13H,9-12H2,(H2,23,26)(H,24,27). The van der Waals surface area contributed by atoms with Gasteiger partial charge in [-0.25, -0.2) is 4.98 Å². The average Bonchev–Trinajstić information content (AvgIpc) is 3.16. The van der Waals surface area contributed by atoms with E-state index in [4.69, 9.17) is 26.8 Å². The van der Waals surface area contributed by atoms with Crippen LogP contribution in [0.15, 0.2) is 53.9 Å². The highest BCUT2D eigenvalue weighted by atomic mass is 35.5. The number of amides is 2. The van der Waals surface area contributed by atoms with Crippen molar-refractivity contribution in [3.63, 3.8) is 0 Å². The number of thiazole rings is 1. The average molecular weight is 446 g/mol. The molecular weight excluding hydrogens is 426 g/mol. The Labute approximate surface area is 182 Å². The largest absolute Gasteiger partial charge is 0.493 e. The van der Waals surface area contributed by atoms with Gasteiger partial charge in [-0.05, 0) is 48.5 Å². The second kappa shape index (κ2) is 10.6. The Bertz CT molecular complexity index is 990. The normalized spacial score (nSPS) is 10.4. The molecule has 1 aromatic heterocycles. The summed E-state index contributed by atoms with van der Waals surface area (Å²) in [4.78, 5) is 27.4. The van der Waals surface area contributed by atoms with Crippen molar-refractivity contribution in [1.29, 1.82) is 0 Å². The van der Waals surface area contributed by atoms with Crippen LogP contribution in [0.4, 0.5) is 5.69 Å². The lowest BCUT2D eigenvalue weighted by Gasteiger charge is -2.07. The third-order valence-corrected chi connectivity index (χ3v) is 5.00. The monoisotopic (exact) mass is 445 g/mol. The Morgan fingerprint density at radius 1 is 1.03 bits per heavy atom. The van der Waals surface area contributed by atoms with E-state index >= 15 is 0 Å². The number of nitrogens with two attached hydrogens (primary N) is 1.